The monoisotopic (exact) mass is 317 g/mol. The summed E-state index contributed by atoms with van der Waals surface area (Å²) in [5.41, 5.74) is 4.41. The number of esters is 1. The molecule has 0 aliphatic rings. The van der Waals surface area contributed by atoms with E-state index in [0.717, 1.165) is 22.5 Å². The molecule has 23 heavy (non-hydrogen) atoms. The molecule has 0 fully saturated rings. The van der Waals surface area contributed by atoms with E-state index in [-0.39, 0.29) is 5.97 Å². The zero-order valence-corrected chi connectivity index (χ0v) is 15.6. The summed E-state index contributed by atoms with van der Waals surface area (Å²) in [7, 11) is 2.02. The summed E-state index contributed by atoms with van der Waals surface area (Å²) in [6.45, 7) is 12.3. The van der Waals surface area contributed by atoms with Crippen LogP contribution in [0.15, 0.2) is 36.4 Å². The number of carbonyl (C=O) groups is 1. The second kappa shape index (κ2) is 11.5. The van der Waals surface area contributed by atoms with Gasteiger partial charge < -0.3 is 9.30 Å². The van der Waals surface area contributed by atoms with Crippen LogP contribution in [0.1, 0.15) is 45.9 Å². The molecule has 128 valence electrons. The normalized spacial score (nSPS) is 9.17. The standard InChI is InChI=1S/C16H19NO2.2C2H6/c1-4-19-16(18)11-14-10-15(17(3)12(14)2)13-8-6-5-7-9-13;2*1-2/h5-10H,4,11H2,1-3H3;2*1-2H3. The zero-order valence-electron chi connectivity index (χ0n) is 15.6. The molecule has 0 radical (unpaired) electrons. The predicted octanol–water partition coefficient (Wildman–Crippen LogP) is 5.16. The van der Waals surface area contributed by atoms with Gasteiger partial charge in [-0.1, -0.05) is 58.0 Å². The Labute approximate surface area is 141 Å². The van der Waals surface area contributed by atoms with E-state index in [0.29, 0.717) is 13.0 Å². The minimum Gasteiger partial charge on any atom is -0.466 e. The van der Waals surface area contributed by atoms with E-state index >= 15 is 0 Å². The molecule has 0 atom stereocenters. The lowest BCUT2D eigenvalue weighted by Gasteiger charge is -2.05. The maximum absolute atomic E-state index is 11.6. The highest BCUT2D eigenvalue weighted by Crippen LogP contribution is 2.25. The van der Waals surface area contributed by atoms with Crippen molar-refractivity contribution in [2.24, 2.45) is 7.05 Å². The molecule has 2 rings (SSSR count). The van der Waals surface area contributed by atoms with Crippen molar-refractivity contribution in [2.75, 3.05) is 6.61 Å². The third-order valence-corrected chi connectivity index (χ3v) is 3.35. The molecule has 0 N–H and O–H groups in total. The zero-order chi connectivity index (χ0) is 17.8. The first-order valence-corrected chi connectivity index (χ1v) is 8.49. The van der Waals surface area contributed by atoms with Gasteiger partial charge in [-0.3, -0.25) is 4.79 Å². The van der Waals surface area contributed by atoms with Gasteiger partial charge in [0.05, 0.1) is 13.0 Å². The van der Waals surface area contributed by atoms with Crippen LogP contribution >= 0.6 is 0 Å². The third-order valence-electron chi connectivity index (χ3n) is 3.35. The van der Waals surface area contributed by atoms with Crippen LogP contribution < -0.4 is 0 Å². The topological polar surface area (TPSA) is 31.2 Å². The van der Waals surface area contributed by atoms with E-state index in [1.54, 1.807) is 0 Å². The Morgan fingerprint density at radius 2 is 1.65 bits per heavy atom. The van der Waals surface area contributed by atoms with Crippen molar-refractivity contribution in [1.29, 1.82) is 0 Å². The van der Waals surface area contributed by atoms with Gasteiger partial charge in [0, 0.05) is 18.4 Å². The highest BCUT2D eigenvalue weighted by atomic mass is 16.5. The lowest BCUT2D eigenvalue weighted by atomic mass is 10.1. The first kappa shape index (κ1) is 21.0. The van der Waals surface area contributed by atoms with Crippen LogP contribution in [-0.4, -0.2) is 17.1 Å². The van der Waals surface area contributed by atoms with Crippen molar-refractivity contribution >= 4 is 5.97 Å². The Morgan fingerprint density at radius 3 is 2.17 bits per heavy atom. The lowest BCUT2D eigenvalue weighted by molar-refractivity contribution is -0.142. The number of hydrogen-bond donors (Lipinski definition) is 0. The van der Waals surface area contributed by atoms with Crippen LogP contribution in [-0.2, 0) is 23.0 Å². The maximum atomic E-state index is 11.6. The van der Waals surface area contributed by atoms with Gasteiger partial charge in [-0.15, -0.1) is 0 Å². The largest absolute Gasteiger partial charge is 0.466 e. The average molecular weight is 317 g/mol. The third kappa shape index (κ3) is 5.93. The van der Waals surface area contributed by atoms with Crippen molar-refractivity contribution in [3.63, 3.8) is 0 Å². The van der Waals surface area contributed by atoms with Gasteiger partial charge in [0.25, 0.3) is 0 Å². The number of aromatic nitrogens is 1. The molecule has 3 nitrogen and oxygen atoms in total. The van der Waals surface area contributed by atoms with Gasteiger partial charge in [0.15, 0.2) is 0 Å². The summed E-state index contributed by atoms with van der Waals surface area (Å²) in [5.74, 6) is -0.171. The molecule has 0 saturated carbocycles. The predicted molar refractivity (Wildman–Crippen MR) is 98.6 cm³/mol. The van der Waals surface area contributed by atoms with Crippen LogP contribution in [0.4, 0.5) is 0 Å². The van der Waals surface area contributed by atoms with Gasteiger partial charge in [-0.05, 0) is 31.0 Å². The smallest absolute Gasteiger partial charge is 0.310 e. The Kier molecular flexibility index (Phi) is 10.5. The van der Waals surface area contributed by atoms with Crippen molar-refractivity contribution in [1.82, 2.24) is 4.57 Å². The molecule has 3 heteroatoms. The molecule has 1 aromatic carbocycles. The van der Waals surface area contributed by atoms with E-state index in [9.17, 15) is 4.79 Å². The fourth-order valence-electron chi connectivity index (χ4n) is 2.19. The Hall–Kier alpha value is -2.03. The second-order valence-electron chi connectivity index (χ2n) is 4.55. The number of rotatable bonds is 4. The fourth-order valence-corrected chi connectivity index (χ4v) is 2.19. The minimum absolute atomic E-state index is 0.171. The quantitative estimate of drug-likeness (QED) is 0.729. The molecular weight excluding hydrogens is 286 g/mol. The first-order valence-electron chi connectivity index (χ1n) is 8.49. The summed E-state index contributed by atoms with van der Waals surface area (Å²) in [4.78, 5) is 11.6. The van der Waals surface area contributed by atoms with Crippen LogP contribution in [0.3, 0.4) is 0 Å². The molecule has 0 aliphatic heterocycles. The van der Waals surface area contributed by atoms with Crippen LogP contribution in [0, 0.1) is 6.92 Å². The summed E-state index contributed by atoms with van der Waals surface area (Å²) in [5, 5.41) is 0. The van der Waals surface area contributed by atoms with Crippen LogP contribution in [0.2, 0.25) is 0 Å². The number of ether oxygens (including phenoxy) is 1. The lowest BCUT2D eigenvalue weighted by Crippen LogP contribution is -2.08. The van der Waals surface area contributed by atoms with Crippen molar-refractivity contribution in [3.8, 4) is 11.3 Å². The van der Waals surface area contributed by atoms with Gasteiger partial charge in [-0.25, -0.2) is 0 Å². The Morgan fingerprint density at radius 1 is 1.09 bits per heavy atom. The summed E-state index contributed by atoms with van der Waals surface area (Å²) < 4.78 is 7.12. The van der Waals surface area contributed by atoms with Gasteiger partial charge in [0.2, 0.25) is 0 Å². The van der Waals surface area contributed by atoms with E-state index in [2.05, 4.69) is 22.8 Å². The van der Waals surface area contributed by atoms with Crippen molar-refractivity contribution < 1.29 is 9.53 Å². The summed E-state index contributed by atoms with van der Waals surface area (Å²) in [6, 6.07) is 12.2. The van der Waals surface area contributed by atoms with Gasteiger partial charge in [-0.2, -0.15) is 0 Å². The first-order chi connectivity index (χ1) is 11.1. The summed E-state index contributed by atoms with van der Waals surface area (Å²) in [6.07, 6.45) is 0.334. The maximum Gasteiger partial charge on any atom is 0.310 e. The molecule has 0 unspecified atom stereocenters. The van der Waals surface area contributed by atoms with E-state index in [1.165, 1.54) is 0 Å². The van der Waals surface area contributed by atoms with E-state index in [4.69, 9.17) is 4.74 Å². The molecule has 0 saturated heterocycles. The molecule has 2 aromatic rings. The second-order valence-corrected chi connectivity index (χ2v) is 4.55. The summed E-state index contributed by atoms with van der Waals surface area (Å²) >= 11 is 0. The highest BCUT2D eigenvalue weighted by Gasteiger charge is 2.13. The van der Waals surface area contributed by atoms with E-state index < -0.39 is 0 Å². The SMILES string of the molecule is CC.CC.CCOC(=O)Cc1cc(-c2ccccc2)n(C)c1C. The van der Waals surface area contributed by atoms with Crippen molar-refractivity contribution in [3.05, 3.63) is 47.7 Å². The van der Waals surface area contributed by atoms with Gasteiger partial charge >= 0.3 is 5.97 Å². The van der Waals surface area contributed by atoms with Crippen LogP contribution in [0.5, 0.6) is 0 Å². The van der Waals surface area contributed by atoms with Gasteiger partial charge in [0.1, 0.15) is 0 Å². The molecule has 0 aliphatic carbocycles. The van der Waals surface area contributed by atoms with E-state index in [1.807, 2.05) is 66.8 Å². The fraction of sp³-hybridized carbons (Fsp3) is 0.450. The molecule has 1 heterocycles. The molecular formula is C20H31NO2. The number of benzene rings is 1. The minimum atomic E-state index is -0.171. The molecule has 0 bridgehead atoms. The Bertz CT molecular complexity index is 571. The molecule has 0 spiro atoms. The number of nitrogens with zero attached hydrogens (tertiary/aromatic N) is 1. The van der Waals surface area contributed by atoms with Crippen molar-refractivity contribution in [2.45, 2.75) is 48.0 Å². The van der Waals surface area contributed by atoms with Crippen LogP contribution in [0.25, 0.3) is 11.3 Å². The Balaban J connectivity index is 0.00000112. The average Bonchev–Trinajstić information content (AvgIpc) is 2.88. The highest BCUT2D eigenvalue weighted by molar-refractivity contribution is 5.74. The molecule has 0 amide bonds. The number of hydrogen-bond acceptors (Lipinski definition) is 2. The number of carbonyl (C=O) groups excluding carboxylic acids is 1. The molecule has 1 aromatic heterocycles.